The van der Waals surface area contributed by atoms with Gasteiger partial charge >= 0.3 is 4.87 Å². The molecular formula is C10H17NOS2. The average Bonchev–Trinajstić information content (AvgIpc) is 2.48. The van der Waals surface area contributed by atoms with Crippen molar-refractivity contribution in [2.45, 2.75) is 33.2 Å². The first kappa shape index (κ1) is 11.9. The molecule has 0 spiro atoms. The Morgan fingerprint density at radius 3 is 2.79 bits per heavy atom. The van der Waals surface area contributed by atoms with E-state index in [-0.39, 0.29) is 4.87 Å². The van der Waals surface area contributed by atoms with Gasteiger partial charge in [-0.05, 0) is 25.0 Å². The fourth-order valence-electron chi connectivity index (χ4n) is 1.53. The Labute approximate surface area is 94.4 Å². The van der Waals surface area contributed by atoms with Crippen LogP contribution in [0.15, 0.2) is 10.2 Å². The molecular weight excluding hydrogens is 214 g/mol. The molecule has 1 heterocycles. The zero-order valence-corrected chi connectivity index (χ0v) is 10.4. The highest BCUT2D eigenvalue weighted by molar-refractivity contribution is 7.80. The Hall–Kier alpha value is -0.220. The summed E-state index contributed by atoms with van der Waals surface area (Å²) >= 11 is 5.60. The van der Waals surface area contributed by atoms with Crippen LogP contribution in [0.2, 0.25) is 0 Å². The molecule has 0 aliphatic carbocycles. The van der Waals surface area contributed by atoms with E-state index in [1.165, 1.54) is 11.3 Å². The van der Waals surface area contributed by atoms with Crippen LogP contribution in [-0.4, -0.2) is 10.3 Å². The van der Waals surface area contributed by atoms with Crippen LogP contribution in [0.3, 0.4) is 0 Å². The van der Waals surface area contributed by atoms with E-state index in [9.17, 15) is 4.79 Å². The summed E-state index contributed by atoms with van der Waals surface area (Å²) in [6.07, 6.45) is 2.30. The molecule has 0 aliphatic heterocycles. The Bertz CT molecular complexity index is 329. The molecule has 0 radical (unpaired) electrons. The van der Waals surface area contributed by atoms with Crippen molar-refractivity contribution >= 4 is 24.0 Å². The van der Waals surface area contributed by atoms with Crippen LogP contribution in [0.4, 0.5) is 0 Å². The van der Waals surface area contributed by atoms with Crippen LogP contribution in [0.25, 0.3) is 0 Å². The topological polar surface area (TPSA) is 22.0 Å². The predicted octanol–water partition coefficient (Wildman–Crippen LogP) is 2.56. The predicted molar refractivity (Wildman–Crippen MR) is 65.6 cm³/mol. The van der Waals surface area contributed by atoms with E-state index < -0.39 is 0 Å². The molecule has 0 amide bonds. The molecule has 1 atom stereocenters. The smallest absolute Gasteiger partial charge is 0.303 e. The van der Waals surface area contributed by atoms with Gasteiger partial charge in [-0.1, -0.05) is 24.7 Å². The summed E-state index contributed by atoms with van der Waals surface area (Å²) in [5.74, 6) is 1.38. The summed E-state index contributed by atoms with van der Waals surface area (Å²) in [5.41, 5.74) is 1.07. The van der Waals surface area contributed by atoms with Crippen LogP contribution in [0, 0.1) is 12.8 Å². The number of aryl methyl sites for hydroxylation is 1. The lowest BCUT2D eigenvalue weighted by atomic mass is 10.1. The van der Waals surface area contributed by atoms with Gasteiger partial charge in [0.05, 0.1) is 0 Å². The molecule has 0 fully saturated rings. The fourth-order valence-corrected chi connectivity index (χ4v) is 2.57. The molecule has 0 saturated heterocycles. The molecule has 2 nitrogen and oxygen atoms in total. The van der Waals surface area contributed by atoms with Crippen LogP contribution < -0.4 is 4.87 Å². The Kier molecular flexibility index (Phi) is 4.75. The highest BCUT2D eigenvalue weighted by Gasteiger charge is 2.10. The van der Waals surface area contributed by atoms with Gasteiger partial charge in [0.25, 0.3) is 0 Å². The van der Waals surface area contributed by atoms with Crippen molar-refractivity contribution in [1.82, 2.24) is 4.57 Å². The highest BCUT2D eigenvalue weighted by Crippen LogP contribution is 2.12. The lowest BCUT2D eigenvalue weighted by Gasteiger charge is -2.14. The van der Waals surface area contributed by atoms with E-state index in [0.717, 1.165) is 30.8 Å². The molecule has 0 N–H and O–H groups in total. The van der Waals surface area contributed by atoms with Gasteiger partial charge in [-0.15, -0.1) is 0 Å². The molecule has 1 aromatic heterocycles. The van der Waals surface area contributed by atoms with Gasteiger partial charge in [0.1, 0.15) is 0 Å². The minimum Gasteiger partial charge on any atom is -0.303 e. The van der Waals surface area contributed by atoms with E-state index in [1.807, 2.05) is 16.9 Å². The third-order valence-electron chi connectivity index (χ3n) is 2.37. The molecule has 0 aromatic carbocycles. The maximum atomic E-state index is 11.5. The van der Waals surface area contributed by atoms with Crippen LogP contribution in [0.5, 0.6) is 0 Å². The van der Waals surface area contributed by atoms with Crippen LogP contribution in [-0.2, 0) is 6.54 Å². The molecule has 1 rings (SSSR count). The van der Waals surface area contributed by atoms with Crippen molar-refractivity contribution < 1.29 is 0 Å². The van der Waals surface area contributed by atoms with Crippen molar-refractivity contribution in [3.63, 3.8) is 0 Å². The molecule has 1 unspecified atom stereocenters. The Morgan fingerprint density at radius 2 is 2.36 bits per heavy atom. The van der Waals surface area contributed by atoms with E-state index >= 15 is 0 Å². The van der Waals surface area contributed by atoms with E-state index in [0.29, 0.717) is 5.92 Å². The van der Waals surface area contributed by atoms with Gasteiger partial charge in [0.2, 0.25) is 0 Å². The largest absolute Gasteiger partial charge is 0.307 e. The maximum Gasteiger partial charge on any atom is 0.307 e. The number of hydrogen-bond donors (Lipinski definition) is 1. The lowest BCUT2D eigenvalue weighted by Crippen LogP contribution is -2.21. The zero-order valence-electron chi connectivity index (χ0n) is 8.69. The summed E-state index contributed by atoms with van der Waals surface area (Å²) < 4.78 is 1.86. The summed E-state index contributed by atoms with van der Waals surface area (Å²) in [7, 11) is 0. The molecule has 0 bridgehead atoms. The van der Waals surface area contributed by atoms with E-state index in [1.54, 1.807) is 0 Å². The molecule has 4 heteroatoms. The molecule has 0 aliphatic rings. The lowest BCUT2D eigenvalue weighted by molar-refractivity contribution is 0.445. The van der Waals surface area contributed by atoms with Crippen molar-refractivity contribution in [1.29, 1.82) is 0 Å². The number of hydrogen-bond acceptors (Lipinski definition) is 3. The van der Waals surface area contributed by atoms with Gasteiger partial charge in [-0.25, -0.2) is 0 Å². The molecule has 1 aromatic rings. The normalized spacial score (nSPS) is 13.1. The maximum absolute atomic E-state index is 11.5. The van der Waals surface area contributed by atoms with Crippen molar-refractivity contribution in [3.05, 3.63) is 20.7 Å². The van der Waals surface area contributed by atoms with E-state index in [4.69, 9.17) is 0 Å². The average molecular weight is 231 g/mol. The summed E-state index contributed by atoms with van der Waals surface area (Å²) in [4.78, 5) is 11.6. The van der Waals surface area contributed by atoms with Gasteiger partial charge in [0, 0.05) is 17.6 Å². The van der Waals surface area contributed by atoms with Crippen molar-refractivity contribution in [3.8, 4) is 0 Å². The Balaban J connectivity index is 2.71. The minimum atomic E-state index is 0.158. The minimum absolute atomic E-state index is 0.158. The zero-order chi connectivity index (χ0) is 10.6. The van der Waals surface area contributed by atoms with Gasteiger partial charge in [-0.2, -0.15) is 12.6 Å². The number of thiol groups is 1. The van der Waals surface area contributed by atoms with Crippen molar-refractivity contribution in [2.75, 3.05) is 5.75 Å². The number of rotatable bonds is 5. The monoisotopic (exact) mass is 231 g/mol. The van der Waals surface area contributed by atoms with Gasteiger partial charge in [-0.3, -0.25) is 4.79 Å². The molecule has 14 heavy (non-hydrogen) atoms. The van der Waals surface area contributed by atoms with Crippen molar-refractivity contribution in [2.24, 2.45) is 5.92 Å². The van der Waals surface area contributed by atoms with E-state index in [2.05, 4.69) is 19.6 Å². The quantitative estimate of drug-likeness (QED) is 0.773. The number of thiazole rings is 1. The second kappa shape index (κ2) is 5.61. The molecule has 80 valence electrons. The van der Waals surface area contributed by atoms with Crippen LogP contribution in [0.1, 0.15) is 25.5 Å². The second-order valence-corrected chi connectivity index (χ2v) is 4.78. The van der Waals surface area contributed by atoms with Crippen LogP contribution >= 0.6 is 24.0 Å². The first-order chi connectivity index (χ1) is 6.69. The first-order valence-corrected chi connectivity index (χ1v) is 6.46. The third kappa shape index (κ3) is 2.89. The number of nitrogens with zero attached hydrogens (tertiary/aromatic N) is 1. The Morgan fingerprint density at radius 1 is 1.64 bits per heavy atom. The highest BCUT2D eigenvalue weighted by atomic mass is 32.1. The fraction of sp³-hybridized carbons (Fsp3) is 0.700. The summed E-state index contributed by atoms with van der Waals surface area (Å²) in [6, 6.07) is 0. The second-order valence-electron chi connectivity index (χ2n) is 3.59. The molecule has 0 saturated carbocycles. The first-order valence-electron chi connectivity index (χ1n) is 4.94. The third-order valence-corrected chi connectivity index (χ3v) is 3.77. The van der Waals surface area contributed by atoms with Gasteiger partial charge in [0.15, 0.2) is 0 Å². The summed E-state index contributed by atoms with van der Waals surface area (Å²) in [6.45, 7) is 4.98. The SMILES string of the molecule is CCCC(CS)Cn1c(C)csc1=O. The number of aromatic nitrogens is 1. The summed E-state index contributed by atoms with van der Waals surface area (Å²) in [5, 5.41) is 1.92. The van der Waals surface area contributed by atoms with Gasteiger partial charge < -0.3 is 4.57 Å². The standard InChI is InChI=1S/C10H17NOS2/c1-3-4-9(6-13)5-11-8(2)7-14-10(11)12/h7,9,13H,3-6H2,1-2H3.